The van der Waals surface area contributed by atoms with Crippen molar-refractivity contribution in [2.45, 2.75) is 0 Å². The lowest BCUT2D eigenvalue weighted by atomic mass is 10.0. The van der Waals surface area contributed by atoms with Gasteiger partial charge in [0, 0.05) is 60.0 Å². The quantitative estimate of drug-likeness (QED) is 0.211. The Balaban J connectivity index is 1.27. The summed E-state index contributed by atoms with van der Waals surface area (Å²) in [5, 5.41) is 7.86. The van der Waals surface area contributed by atoms with Crippen molar-refractivity contribution >= 4 is 75.1 Å². The number of thiophene rings is 1. The van der Waals surface area contributed by atoms with Crippen LogP contribution in [0.15, 0.2) is 127 Å². The molecule has 2 nitrogen and oxygen atoms in total. The Kier molecular flexibility index (Phi) is 4.44. The number of para-hydroxylation sites is 2. The van der Waals surface area contributed by atoms with Crippen LogP contribution in [-0.4, -0.2) is 9.13 Å². The van der Waals surface area contributed by atoms with Crippen LogP contribution < -0.4 is 0 Å². The average Bonchev–Trinajstić information content (AvgIpc) is 3.64. The van der Waals surface area contributed by atoms with Crippen molar-refractivity contribution < 1.29 is 0 Å². The van der Waals surface area contributed by atoms with Crippen LogP contribution in [0.2, 0.25) is 0 Å². The summed E-state index contributed by atoms with van der Waals surface area (Å²) in [6, 6.07) is 46.8. The maximum atomic E-state index is 2.42. The largest absolute Gasteiger partial charge is 0.344 e. The number of nitrogens with zero attached hydrogens (tertiary/aromatic N) is 2. The molecule has 3 heteroatoms. The predicted molar refractivity (Wildman–Crippen MR) is 173 cm³/mol. The molecule has 0 atom stereocenters. The smallest absolute Gasteiger partial charge is 0.0562 e. The van der Waals surface area contributed by atoms with E-state index < -0.39 is 0 Å². The molecule has 0 saturated heterocycles. The number of aryl methyl sites for hydroxylation is 1. The summed E-state index contributed by atoms with van der Waals surface area (Å²) < 4.78 is 7.44. The van der Waals surface area contributed by atoms with Gasteiger partial charge in [0.25, 0.3) is 0 Å². The van der Waals surface area contributed by atoms with E-state index in [2.05, 4.69) is 144 Å². The van der Waals surface area contributed by atoms with E-state index >= 15 is 0 Å². The lowest BCUT2D eigenvalue weighted by molar-refractivity contribution is 1.01. The minimum atomic E-state index is 1.18. The zero-order valence-corrected chi connectivity index (χ0v) is 22.7. The van der Waals surface area contributed by atoms with Gasteiger partial charge in [0.2, 0.25) is 0 Å². The van der Waals surface area contributed by atoms with Gasteiger partial charge in [-0.25, -0.2) is 0 Å². The SMILES string of the molecule is Cn1c2ccccc2c2cc3c4ccccc4n(-c4ccc(-c5cccc6c5sc5ccccc56)cc4)c3cc21. The van der Waals surface area contributed by atoms with Crippen molar-refractivity contribution in [3.05, 3.63) is 127 Å². The van der Waals surface area contributed by atoms with Gasteiger partial charge in [-0.05, 0) is 53.6 Å². The third-order valence-electron chi connectivity index (χ3n) is 8.55. The highest BCUT2D eigenvalue weighted by Gasteiger charge is 2.17. The first-order chi connectivity index (χ1) is 19.8. The summed E-state index contributed by atoms with van der Waals surface area (Å²) >= 11 is 1.89. The van der Waals surface area contributed by atoms with Gasteiger partial charge >= 0.3 is 0 Å². The zero-order chi connectivity index (χ0) is 26.4. The second-order valence-electron chi connectivity index (χ2n) is 10.6. The van der Waals surface area contributed by atoms with Crippen LogP contribution in [0.3, 0.4) is 0 Å². The van der Waals surface area contributed by atoms with Gasteiger partial charge in [-0.15, -0.1) is 11.3 Å². The molecule has 0 bridgehead atoms. The topological polar surface area (TPSA) is 9.86 Å². The number of benzene rings is 6. The molecule has 9 aromatic rings. The highest BCUT2D eigenvalue weighted by molar-refractivity contribution is 7.26. The molecule has 0 aliphatic carbocycles. The molecule has 40 heavy (non-hydrogen) atoms. The van der Waals surface area contributed by atoms with E-state index in [1.807, 2.05) is 11.3 Å². The van der Waals surface area contributed by atoms with Crippen LogP contribution in [0.4, 0.5) is 0 Å². The molecule has 0 aliphatic rings. The van der Waals surface area contributed by atoms with Crippen molar-refractivity contribution in [3.8, 4) is 16.8 Å². The minimum Gasteiger partial charge on any atom is -0.344 e. The Hall–Kier alpha value is -4.86. The van der Waals surface area contributed by atoms with Crippen molar-refractivity contribution in [3.63, 3.8) is 0 Å². The molecule has 0 radical (unpaired) electrons. The predicted octanol–water partition coefficient (Wildman–Crippen LogP) is 10.5. The molecule has 0 fully saturated rings. The summed E-state index contributed by atoms with van der Waals surface area (Å²) in [5.74, 6) is 0. The second kappa shape index (κ2) is 8.08. The Morgan fingerprint density at radius 2 is 1.12 bits per heavy atom. The molecule has 0 unspecified atom stereocenters. The maximum absolute atomic E-state index is 2.42. The fraction of sp³-hybridized carbons (Fsp3) is 0.0270. The van der Waals surface area contributed by atoms with Crippen LogP contribution >= 0.6 is 11.3 Å². The molecule has 3 aromatic heterocycles. The third kappa shape index (κ3) is 2.93. The molecule has 0 amide bonds. The Morgan fingerprint density at radius 3 is 1.95 bits per heavy atom. The highest BCUT2D eigenvalue weighted by atomic mass is 32.1. The van der Waals surface area contributed by atoms with Crippen LogP contribution in [0.25, 0.3) is 80.6 Å². The van der Waals surface area contributed by atoms with Gasteiger partial charge in [-0.3, -0.25) is 0 Å². The fourth-order valence-electron chi connectivity index (χ4n) is 6.66. The molecule has 9 rings (SSSR count). The molecule has 0 aliphatic heterocycles. The van der Waals surface area contributed by atoms with Crippen molar-refractivity contribution in [2.75, 3.05) is 0 Å². The van der Waals surface area contributed by atoms with E-state index in [0.717, 1.165) is 0 Å². The van der Waals surface area contributed by atoms with Gasteiger partial charge in [-0.1, -0.05) is 84.9 Å². The molecule has 6 aromatic carbocycles. The summed E-state index contributed by atoms with van der Waals surface area (Å²) in [4.78, 5) is 0. The van der Waals surface area contributed by atoms with Crippen molar-refractivity contribution in [1.29, 1.82) is 0 Å². The number of aromatic nitrogens is 2. The fourth-order valence-corrected chi connectivity index (χ4v) is 7.90. The lowest BCUT2D eigenvalue weighted by Crippen LogP contribution is -1.94. The molecule has 0 N–H and O–H groups in total. The Labute approximate surface area is 234 Å². The summed E-state index contributed by atoms with van der Waals surface area (Å²) in [6.07, 6.45) is 0. The van der Waals surface area contributed by atoms with Crippen LogP contribution in [0.5, 0.6) is 0 Å². The first-order valence-corrected chi connectivity index (χ1v) is 14.5. The first-order valence-electron chi connectivity index (χ1n) is 13.7. The van der Waals surface area contributed by atoms with Gasteiger partial charge in [0.1, 0.15) is 0 Å². The minimum absolute atomic E-state index is 1.18. The number of hydrogen-bond donors (Lipinski definition) is 0. The maximum Gasteiger partial charge on any atom is 0.0562 e. The van der Waals surface area contributed by atoms with Crippen LogP contribution in [-0.2, 0) is 7.05 Å². The summed E-state index contributed by atoms with van der Waals surface area (Å²) in [7, 11) is 2.17. The van der Waals surface area contributed by atoms with E-state index in [-0.39, 0.29) is 0 Å². The summed E-state index contributed by atoms with van der Waals surface area (Å²) in [5.41, 5.74) is 8.71. The van der Waals surface area contributed by atoms with Gasteiger partial charge in [-0.2, -0.15) is 0 Å². The Morgan fingerprint density at radius 1 is 0.475 bits per heavy atom. The number of hydrogen-bond acceptors (Lipinski definition) is 1. The zero-order valence-electron chi connectivity index (χ0n) is 21.9. The molecule has 188 valence electrons. The Bertz CT molecular complexity index is 2430. The van der Waals surface area contributed by atoms with Crippen LogP contribution in [0, 0.1) is 0 Å². The van der Waals surface area contributed by atoms with Crippen molar-refractivity contribution in [2.24, 2.45) is 7.05 Å². The summed E-state index contributed by atoms with van der Waals surface area (Å²) in [6.45, 7) is 0. The molecule has 0 spiro atoms. The van der Waals surface area contributed by atoms with E-state index in [1.54, 1.807) is 0 Å². The monoisotopic (exact) mass is 528 g/mol. The van der Waals surface area contributed by atoms with Gasteiger partial charge in [0.15, 0.2) is 0 Å². The van der Waals surface area contributed by atoms with E-state index in [1.165, 1.54) is 80.6 Å². The number of fused-ring (bicyclic) bond motifs is 9. The third-order valence-corrected chi connectivity index (χ3v) is 9.77. The van der Waals surface area contributed by atoms with E-state index in [9.17, 15) is 0 Å². The van der Waals surface area contributed by atoms with E-state index in [4.69, 9.17) is 0 Å². The average molecular weight is 529 g/mol. The normalized spacial score (nSPS) is 12.1. The second-order valence-corrected chi connectivity index (χ2v) is 11.7. The van der Waals surface area contributed by atoms with Crippen LogP contribution in [0.1, 0.15) is 0 Å². The molecule has 0 saturated carbocycles. The molecule has 3 heterocycles. The van der Waals surface area contributed by atoms with Gasteiger partial charge in [0.05, 0.1) is 16.6 Å². The molecular formula is C37H24N2S. The first kappa shape index (κ1) is 22.0. The molecular weight excluding hydrogens is 504 g/mol. The standard InChI is InChI=1S/C37H24N2S/c1-38-32-14-5-2-9-26(32)30-21-31-27-10-3-6-15-33(27)39(35(31)22-34(30)38)24-19-17-23(18-20-24)25-12-8-13-29-28-11-4-7-16-36(28)40-37(25)29/h2-22H,1H3. The van der Waals surface area contributed by atoms with Crippen molar-refractivity contribution in [1.82, 2.24) is 9.13 Å². The van der Waals surface area contributed by atoms with E-state index in [0.29, 0.717) is 0 Å². The highest BCUT2D eigenvalue weighted by Crippen LogP contribution is 2.41. The number of rotatable bonds is 2. The van der Waals surface area contributed by atoms with Gasteiger partial charge < -0.3 is 9.13 Å². The lowest BCUT2D eigenvalue weighted by Gasteiger charge is -2.10.